The first-order chi connectivity index (χ1) is 9.10. The van der Waals surface area contributed by atoms with Crippen LogP contribution in [0.4, 0.5) is 0 Å². The molecule has 0 aliphatic heterocycles. The molecule has 1 N–H and O–H groups in total. The third-order valence-electron chi connectivity index (χ3n) is 4.77. The summed E-state index contributed by atoms with van der Waals surface area (Å²) in [4.78, 5) is 0. The Morgan fingerprint density at radius 2 is 1.89 bits per heavy atom. The van der Waals surface area contributed by atoms with Crippen molar-refractivity contribution in [3.8, 4) is 5.75 Å². The minimum atomic E-state index is 0.381. The van der Waals surface area contributed by atoms with E-state index in [4.69, 9.17) is 4.74 Å². The summed E-state index contributed by atoms with van der Waals surface area (Å²) in [5.74, 6) is 0.949. The lowest BCUT2D eigenvalue weighted by molar-refractivity contribution is 0.150. The third-order valence-corrected chi connectivity index (χ3v) is 4.77. The molecule has 1 saturated carbocycles. The minimum absolute atomic E-state index is 0.381. The maximum Gasteiger partial charge on any atom is 0.119 e. The van der Waals surface area contributed by atoms with Crippen molar-refractivity contribution in [2.45, 2.75) is 52.0 Å². The lowest BCUT2D eigenvalue weighted by atomic mass is 9.68. The van der Waals surface area contributed by atoms with Gasteiger partial charge in [-0.3, -0.25) is 0 Å². The zero-order valence-corrected chi connectivity index (χ0v) is 12.8. The van der Waals surface area contributed by atoms with Crippen LogP contribution in [0.15, 0.2) is 18.2 Å². The highest BCUT2D eigenvalue weighted by Crippen LogP contribution is 2.46. The summed E-state index contributed by atoms with van der Waals surface area (Å²) in [7, 11) is 3.82. The summed E-state index contributed by atoms with van der Waals surface area (Å²) in [6.45, 7) is 4.63. The van der Waals surface area contributed by atoms with Gasteiger partial charge < -0.3 is 10.1 Å². The van der Waals surface area contributed by atoms with E-state index in [1.165, 1.54) is 43.2 Å². The summed E-state index contributed by atoms with van der Waals surface area (Å²) in [5, 5.41) is 3.57. The molecule has 1 aliphatic carbocycles. The van der Waals surface area contributed by atoms with E-state index in [1.807, 2.05) is 0 Å². The molecule has 0 saturated heterocycles. The number of methoxy groups -OCH3 is 1. The van der Waals surface area contributed by atoms with Gasteiger partial charge >= 0.3 is 0 Å². The first kappa shape index (κ1) is 14.4. The normalized spacial score (nSPS) is 20.0. The predicted molar refractivity (Wildman–Crippen MR) is 80.7 cm³/mol. The van der Waals surface area contributed by atoms with Crippen LogP contribution >= 0.6 is 0 Å². The van der Waals surface area contributed by atoms with Gasteiger partial charge in [0.05, 0.1) is 7.11 Å². The Labute approximate surface area is 117 Å². The minimum Gasteiger partial charge on any atom is -0.497 e. The second kappa shape index (κ2) is 5.96. The predicted octanol–water partition coefficient (Wildman–Crippen LogP) is 4.23. The second-order valence-electron chi connectivity index (χ2n) is 6.16. The van der Waals surface area contributed by atoms with Crippen molar-refractivity contribution in [3.63, 3.8) is 0 Å². The van der Waals surface area contributed by atoms with Gasteiger partial charge in [-0.15, -0.1) is 0 Å². The van der Waals surface area contributed by atoms with Crippen LogP contribution in [0.3, 0.4) is 0 Å². The van der Waals surface area contributed by atoms with Crippen molar-refractivity contribution < 1.29 is 4.74 Å². The fourth-order valence-electron chi connectivity index (χ4n) is 3.63. The average Bonchev–Trinajstić information content (AvgIpc) is 2.42. The van der Waals surface area contributed by atoms with Gasteiger partial charge in [-0.1, -0.05) is 32.3 Å². The maximum atomic E-state index is 5.31. The first-order valence-corrected chi connectivity index (χ1v) is 7.42. The summed E-state index contributed by atoms with van der Waals surface area (Å²) in [5.41, 5.74) is 3.13. The Bertz CT molecular complexity index is 421. The maximum absolute atomic E-state index is 5.31. The van der Waals surface area contributed by atoms with Gasteiger partial charge in [0.15, 0.2) is 0 Å². The number of ether oxygens (including phenoxy) is 1. The van der Waals surface area contributed by atoms with E-state index < -0.39 is 0 Å². The molecule has 0 aromatic heterocycles. The lowest BCUT2D eigenvalue weighted by Crippen LogP contribution is -2.36. The van der Waals surface area contributed by atoms with Crippen LogP contribution in [0.5, 0.6) is 5.75 Å². The smallest absolute Gasteiger partial charge is 0.119 e. The molecule has 0 bridgehead atoms. The van der Waals surface area contributed by atoms with Crippen molar-refractivity contribution in [1.82, 2.24) is 5.32 Å². The molecule has 0 radical (unpaired) electrons. The summed E-state index contributed by atoms with van der Waals surface area (Å²) in [6, 6.07) is 6.90. The second-order valence-corrected chi connectivity index (χ2v) is 6.16. The van der Waals surface area contributed by atoms with Crippen molar-refractivity contribution in [2.75, 3.05) is 14.2 Å². The fourth-order valence-corrected chi connectivity index (χ4v) is 3.63. The van der Waals surface area contributed by atoms with E-state index in [0.717, 1.165) is 5.75 Å². The molecule has 1 fully saturated rings. The van der Waals surface area contributed by atoms with Crippen LogP contribution in [0.1, 0.15) is 56.2 Å². The molecule has 2 rings (SSSR count). The molecule has 0 heterocycles. The topological polar surface area (TPSA) is 21.3 Å². The zero-order valence-electron chi connectivity index (χ0n) is 12.8. The highest BCUT2D eigenvalue weighted by Gasteiger charge is 2.36. The Hall–Kier alpha value is -1.02. The lowest BCUT2D eigenvalue weighted by Gasteiger charge is -2.41. The van der Waals surface area contributed by atoms with Crippen LogP contribution in [0, 0.1) is 12.3 Å². The number of benzene rings is 1. The molecule has 1 atom stereocenters. The molecule has 0 amide bonds. The number of nitrogens with one attached hydrogen (secondary N) is 1. The molecular weight excluding hydrogens is 234 g/mol. The van der Waals surface area contributed by atoms with E-state index in [2.05, 4.69) is 44.4 Å². The highest BCUT2D eigenvalue weighted by molar-refractivity contribution is 5.37. The number of aryl methyl sites for hydroxylation is 1. The summed E-state index contributed by atoms with van der Waals surface area (Å²) in [6.07, 6.45) is 6.77. The van der Waals surface area contributed by atoms with Crippen molar-refractivity contribution in [1.29, 1.82) is 0 Å². The monoisotopic (exact) mass is 261 g/mol. The standard InChI is InChI=1S/C17H27NO/c1-13-12-14(19-4)8-9-15(13)16(18-3)17(2)10-6-5-7-11-17/h8-9,12,16,18H,5-7,10-11H2,1-4H3. The van der Waals surface area contributed by atoms with Crippen LogP contribution in [-0.4, -0.2) is 14.2 Å². The van der Waals surface area contributed by atoms with Crippen molar-refractivity contribution in [2.24, 2.45) is 5.41 Å². The van der Waals surface area contributed by atoms with Crippen molar-refractivity contribution >= 4 is 0 Å². The first-order valence-electron chi connectivity index (χ1n) is 7.42. The van der Waals surface area contributed by atoms with Crippen LogP contribution in [-0.2, 0) is 0 Å². The molecule has 19 heavy (non-hydrogen) atoms. The van der Waals surface area contributed by atoms with Gasteiger partial charge in [0.2, 0.25) is 0 Å². The van der Waals surface area contributed by atoms with Crippen LogP contribution < -0.4 is 10.1 Å². The Balaban J connectivity index is 2.30. The van der Waals surface area contributed by atoms with Gasteiger partial charge in [0, 0.05) is 6.04 Å². The summed E-state index contributed by atoms with van der Waals surface area (Å²) >= 11 is 0. The zero-order chi connectivity index (χ0) is 13.9. The molecule has 1 unspecified atom stereocenters. The van der Waals surface area contributed by atoms with Gasteiger partial charge in [-0.25, -0.2) is 0 Å². The van der Waals surface area contributed by atoms with Crippen LogP contribution in [0.2, 0.25) is 0 Å². The fraction of sp³-hybridized carbons (Fsp3) is 0.647. The third kappa shape index (κ3) is 2.94. The Morgan fingerprint density at radius 3 is 2.42 bits per heavy atom. The molecule has 1 aromatic rings. The molecule has 2 nitrogen and oxygen atoms in total. The average molecular weight is 261 g/mol. The molecule has 106 valence electrons. The quantitative estimate of drug-likeness (QED) is 0.875. The molecule has 0 spiro atoms. The Morgan fingerprint density at radius 1 is 1.21 bits per heavy atom. The summed E-state index contributed by atoms with van der Waals surface area (Å²) < 4.78 is 5.31. The molecular formula is C17H27NO. The van der Waals surface area contributed by atoms with E-state index >= 15 is 0 Å². The van der Waals surface area contributed by atoms with E-state index in [-0.39, 0.29) is 0 Å². The van der Waals surface area contributed by atoms with E-state index in [9.17, 15) is 0 Å². The van der Waals surface area contributed by atoms with E-state index in [0.29, 0.717) is 11.5 Å². The molecule has 1 aromatic carbocycles. The van der Waals surface area contributed by atoms with Gasteiger partial charge in [0.25, 0.3) is 0 Å². The van der Waals surface area contributed by atoms with Crippen molar-refractivity contribution in [3.05, 3.63) is 29.3 Å². The largest absolute Gasteiger partial charge is 0.497 e. The Kier molecular flexibility index (Phi) is 4.51. The molecule has 2 heteroatoms. The SMILES string of the molecule is CNC(c1ccc(OC)cc1C)C1(C)CCCCC1. The molecule has 1 aliphatic rings. The van der Waals surface area contributed by atoms with Gasteiger partial charge in [0.1, 0.15) is 5.75 Å². The number of hydrogen-bond donors (Lipinski definition) is 1. The highest BCUT2D eigenvalue weighted by atomic mass is 16.5. The number of hydrogen-bond acceptors (Lipinski definition) is 2. The van der Waals surface area contributed by atoms with Gasteiger partial charge in [-0.05, 0) is 55.5 Å². The van der Waals surface area contributed by atoms with Gasteiger partial charge in [-0.2, -0.15) is 0 Å². The number of rotatable bonds is 4. The van der Waals surface area contributed by atoms with Crippen LogP contribution in [0.25, 0.3) is 0 Å². The van der Waals surface area contributed by atoms with E-state index in [1.54, 1.807) is 7.11 Å².